The van der Waals surface area contributed by atoms with Gasteiger partial charge in [-0.15, -0.1) is 0 Å². The van der Waals surface area contributed by atoms with Crippen LogP contribution in [0.4, 0.5) is 0 Å². The number of amides is 1. The average molecular weight is 203 g/mol. The van der Waals surface area contributed by atoms with E-state index >= 15 is 0 Å². The summed E-state index contributed by atoms with van der Waals surface area (Å²) in [5.41, 5.74) is 2.89. The molecule has 0 aliphatic heterocycles. The van der Waals surface area contributed by atoms with Crippen LogP contribution in [-0.4, -0.2) is 17.2 Å². The highest BCUT2D eigenvalue weighted by Gasteiger charge is 2.03. The number of nitrogens with zero attached hydrogens (tertiary/aromatic N) is 1. The lowest BCUT2D eigenvalue weighted by Crippen LogP contribution is -2.30. The summed E-state index contributed by atoms with van der Waals surface area (Å²) in [5, 5.41) is 0. The smallest absolute Gasteiger partial charge is 0.266 e. The van der Waals surface area contributed by atoms with E-state index < -0.39 is 5.91 Å². The molecule has 0 radical (unpaired) electrons. The molecule has 1 aromatic heterocycles. The summed E-state index contributed by atoms with van der Waals surface area (Å²) >= 11 is 0. The number of nitrogen functional groups attached to an aromatic ring is 1. The molecule has 5 nitrogen and oxygen atoms in total. The molecule has 76 valence electrons. The van der Waals surface area contributed by atoms with Crippen LogP contribution in [0.25, 0.3) is 0 Å². The number of rotatable bonds is 2. The number of pyridine rings is 1. The third kappa shape index (κ3) is 3.21. The Hall–Kier alpha value is -2.19. The van der Waals surface area contributed by atoms with E-state index in [1.165, 1.54) is 12.4 Å². The van der Waals surface area contributed by atoms with E-state index in [4.69, 9.17) is 5.84 Å². The van der Waals surface area contributed by atoms with Gasteiger partial charge in [-0.25, -0.2) is 5.84 Å². The van der Waals surface area contributed by atoms with Crippen molar-refractivity contribution in [3.63, 3.8) is 0 Å². The summed E-state index contributed by atoms with van der Waals surface area (Å²) in [6.07, 6.45) is 3.75. The Labute approximate surface area is 86.7 Å². The Morgan fingerprint density at radius 2 is 2.40 bits per heavy atom. The fourth-order valence-corrected chi connectivity index (χ4v) is 0.911. The number of hydrogen-bond acceptors (Lipinski definition) is 4. The monoisotopic (exact) mass is 203 g/mol. The molecule has 0 unspecified atom stereocenters. The molecular weight excluding hydrogens is 194 g/mol. The van der Waals surface area contributed by atoms with Gasteiger partial charge < -0.3 is 4.79 Å². The van der Waals surface area contributed by atoms with E-state index in [1.807, 2.05) is 5.43 Å². The van der Waals surface area contributed by atoms with Crippen LogP contribution in [0.5, 0.6) is 0 Å². The van der Waals surface area contributed by atoms with Gasteiger partial charge in [-0.1, -0.05) is 11.8 Å². The molecule has 5 heteroatoms. The van der Waals surface area contributed by atoms with Crippen LogP contribution in [0.2, 0.25) is 0 Å². The minimum absolute atomic E-state index is 0.160. The van der Waals surface area contributed by atoms with Gasteiger partial charge in [-0.05, 0) is 6.07 Å². The zero-order valence-corrected chi connectivity index (χ0v) is 7.86. The van der Waals surface area contributed by atoms with Gasteiger partial charge in [0.15, 0.2) is 0 Å². The molecule has 15 heavy (non-hydrogen) atoms. The molecule has 0 aliphatic carbocycles. The van der Waals surface area contributed by atoms with Gasteiger partial charge >= 0.3 is 0 Å². The number of nitrogens with two attached hydrogens (primary N) is 1. The van der Waals surface area contributed by atoms with Crippen molar-refractivity contribution in [3.8, 4) is 11.8 Å². The van der Waals surface area contributed by atoms with E-state index in [0.717, 1.165) is 0 Å². The Morgan fingerprint density at radius 3 is 3.07 bits per heavy atom. The van der Waals surface area contributed by atoms with Crippen LogP contribution in [0.3, 0.4) is 0 Å². The number of hydrazine groups is 1. The lowest BCUT2D eigenvalue weighted by molar-refractivity contribution is -0.107. The van der Waals surface area contributed by atoms with E-state index in [1.54, 1.807) is 6.07 Å². The first-order valence-corrected chi connectivity index (χ1v) is 4.16. The maximum Gasteiger partial charge on any atom is 0.266 e. The molecule has 1 rings (SSSR count). The van der Waals surface area contributed by atoms with Crippen molar-refractivity contribution in [2.75, 3.05) is 0 Å². The molecule has 0 aromatic carbocycles. The second-order valence-corrected chi connectivity index (χ2v) is 2.61. The predicted molar refractivity (Wildman–Crippen MR) is 53.4 cm³/mol. The highest BCUT2D eigenvalue weighted by Crippen LogP contribution is 2.00. The topological polar surface area (TPSA) is 85.1 Å². The molecule has 0 saturated heterocycles. The number of carbonyl (C=O) groups excluding carboxylic acids is 2. The van der Waals surface area contributed by atoms with Crippen LogP contribution in [0, 0.1) is 11.8 Å². The molecule has 0 fully saturated rings. The van der Waals surface area contributed by atoms with Crippen molar-refractivity contribution in [2.24, 2.45) is 5.84 Å². The van der Waals surface area contributed by atoms with Crippen molar-refractivity contribution < 1.29 is 9.59 Å². The molecular formula is C10H9N3O2. The normalized spacial score (nSPS) is 8.60. The van der Waals surface area contributed by atoms with Gasteiger partial charge in [0.2, 0.25) is 0 Å². The third-order valence-electron chi connectivity index (χ3n) is 1.55. The standard InChI is InChI=1S/C10H9N3O2/c11-13-10(15)9-5-8(6-12-7-9)3-1-2-4-14/h4-7H,2,11H2,(H,13,15). The average Bonchev–Trinajstić information content (AvgIpc) is 2.29. The molecule has 1 heterocycles. The Kier molecular flexibility index (Phi) is 4.01. The van der Waals surface area contributed by atoms with Gasteiger partial charge in [0.05, 0.1) is 12.0 Å². The second-order valence-electron chi connectivity index (χ2n) is 2.61. The van der Waals surface area contributed by atoms with Gasteiger partial charge in [0.25, 0.3) is 5.91 Å². The van der Waals surface area contributed by atoms with Crippen LogP contribution in [0.15, 0.2) is 18.5 Å². The van der Waals surface area contributed by atoms with Gasteiger partial charge in [0, 0.05) is 18.0 Å². The van der Waals surface area contributed by atoms with E-state index in [-0.39, 0.29) is 6.42 Å². The van der Waals surface area contributed by atoms with Crippen LogP contribution >= 0.6 is 0 Å². The summed E-state index contributed by atoms with van der Waals surface area (Å²) in [6.45, 7) is 0. The number of carbonyl (C=O) groups is 2. The first-order valence-electron chi connectivity index (χ1n) is 4.16. The molecule has 0 spiro atoms. The van der Waals surface area contributed by atoms with Crippen LogP contribution in [0.1, 0.15) is 22.3 Å². The van der Waals surface area contributed by atoms with Crippen LogP contribution in [-0.2, 0) is 4.79 Å². The molecule has 1 amide bonds. The minimum atomic E-state index is -0.429. The first kappa shape index (κ1) is 10.9. The van der Waals surface area contributed by atoms with Gasteiger partial charge in [0.1, 0.15) is 6.29 Å². The van der Waals surface area contributed by atoms with Gasteiger partial charge in [-0.2, -0.15) is 0 Å². The molecule has 3 N–H and O–H groups in total. The summed E-state index contributed by atoms with van der Waals surface area (Å²) in [4.78, 5) is 25.0. The first-order chi connectivity index (χ1) is 7.27. The summed E-state index contributed by atoms with van der Waals surface area (Å²) in [7, 11) is 0. The predicted octanol–water partition coefficient (Wildman–Crippen LogP) is -0.374. The molecule has 0 bridgehead atoms. The fourth-order valence-electron chi connectivity index (χ4n) is 0.911. The minimum Gasteiger partial charge on any atom is -0.302 e. The highest BCUT2D eigenvalue weighted by atomic mass is 16.2. The van der Waals surface area contributed by atoms with Crippen molar-refractivity contribution >= 4 is 12.2 Å². The van der Waals surface area contributed by atoms with Gasteiger partial charge in [-0.3, -0.25) is 15.2 Å². The van der Waals surface area contributed by atoms with E-state index in [2.05, 4.69) is 16.8 Å². The summed E-state index contributed by atoms with van der Waals surface area (Å²) < 4.78 is 0. The Balaban J connectivity index is 2.89. The molecule has 0 aliphatic rings. The fraction of sp³-hybridized carbons (Fsp3) is 0.100. The second kappa shape index (κ2) is 5.52. The van der Waals surface area contributed by atoms with Crippen molar-refractivity contribution in [1.82, 2.24) is 10.4 Å². The largest absolute Gasteiger partial charge is 0.302 e. The Morgan fingerprint density at radius 1 is 1.60 bits per heavy atom. The quantitative estimate of drug-likeness (QED) is 0.226. The maximum absolute atomic E-state index is 11.1. The molecule has 0 atom stereocenters. The van der Waals surface area contributed by atoms with Crippen molar-refractivity contribution in [3.05, 3.63) is 29.6 Å². The zero-order valence-electron chi connectivity index (χ0n) is 7.86. The lowest BCUT2D eigenvalue weighted by Gasteiger charge is -1.98. The SMILES string of the molecule is NNC(=O)c1cncc(C#CCC=O)c1. The molecule has 1 aromatic rings. The highest BCUT2D eigenvalue weighted by molar-refractivity contribution is 5.93. The van der Waals surface area contributed by atoms with E-state index in [9.17, 15) is 9.59 Å². The number of nitrogens with one attached hydrogen (secondary N) is 1. The third-order valence-corrected chi connectivity index (χ3v) is 1.55. The molecule has 0 saturated carbocycles. The lowest BCUT2D eigenvalue weighted by atomic mass is 10.2. The number of aromatic nitrogens is 1. The van der Waals surface area contributed by atoms with Crippen molar-refractivity contribution in [1.29, 1.82) is 0 Å². The summed E-state index contributed by atoms with van der Waals surface area (Å²) in [6, 6.07) is 1.55. The summed E-state index contributed by atoms with van der Waals surface area (Å²) in [5.74, 6) is 9.85. The number of aldehydes is 1. The van der Waals surface area contributed by atoms with E-state index in [0.29, 0.717) is 17.4 Å². The van der Waals surface area contributed by atoms with Crippen molar-refractivity contribution in [2.45, 2.75) is 6.42 Å². The number of hydrogen-bond donors (Lipinski definition) is 2. The van der Waals surface area contributed by atoms with Crippen LogP contribution < -0.4 is 11.3 Å². The maximum atomic E-state index is 11.1. The zero-order chi connectivity index (χ0) is 11.1. The Bertz CT molecular complexity index is 432.